The van der Waals surface area contributed by atoms with E-state index < -0.39 is 5.97 Å². The van der Waals surface area contributed by atoms with Crippen LogP contribution in [0.4, 0.5) is 0 Å². The highest BCUT2D eigenvalue weighted by atomic mass is 16.6. The van der Waals surface area contributed by atoms with Gasteiger partial charge in [-0.05, 0) is 37.5 Å². The van der Waals surface area contributed by atoms with E-state index >= 15 is 0 Å². The molecule has 1 aromatic rings. The second-order valence-electron chi connectivity index (χ2n) is 7.28. The molecular formula is C23H27NO6. The fourth-order valence-corrected chi connectivity index (χ4v) is 2.92. The first-order chi connectivity index (χ1) is 14.5. The average Bonchev–Trinajstić information content (AvgIpc) is 3.49. The standard InChI is InChI=1S/C23H27NO6/c1-16(13-14-28-19-10-8-18(9-11-19)23(26)27)29-15-20-22(24-20)30-21(25)12-7-17-5-3-2-4-6-17/h2-10,12,16,19-20,22,24H,11,13-15H2,1H3,(H,26,27)/b12-7+. The van der Waals surface area contributed by atoms with E-state index in [-0.39, 0.29) is 30.4 Å². The van der Waals surface area contributed by atoms with Gasteiger partial charge >= 0.3 is 11.9 Å². The summed E-state index contributed by atoms with van der Waals surface area (Å²) in [5.74, 6) is -1.31. The van der Waals surface area contributed by atoms with Crippen molar-refractivity contribution in [3.8, 4) is 0 Å². The molecule has 0 radical (unpaired) electrons. The predicted octanol–water partition coefficient (Wildman–Crippen LogP) is 2.69. The van der Waals surface area contributed by atoms with Crippen LogP contribution in [0.2, 0.25) is 0 Å². The lowest BCUT2D eigenvalue weighted by molar-refractivity contribution is -0.139. The van der Waals surface area contributed by atoms with Crippen molar-refractivity contribution in [3.63, 3.8) is 0 Å². The van der Waals surface area contributed by atoms with Gasteiger partial charge < -0.3 is 19.3 Å². The summed E-state index contributed by atoms with van der Waals surface area (Å²) in [6.45, 7) is 2.94. The van der Waals surface area contributed by atoms with Crippen molar-refractivity contribution in [1.29, 1.82) is 0 Å². The molecule has 1 heterocycles. The average molecular weight is 413 g/mol. The third kappa shape index (κ3) is 7.26. The van der Waals surface area contributed by atoms with Crippen molar-refractivity contribution in [1.82, 2.24) is 5.32 Å². The van der Waals surface area contributed by atoms with Gasteiger partial charge in [0.2, 0.25) is 0 Å². The molecule has 7 heteroatoms. The minimum absolute atomic E-state index is 0.000536. The molecule has 0 amide bonds. The second-order valence-corrected chi connectivity index (χ2v) is 7.28. The Morgan fingerprint density at radius 2 is 2.10 bits per heavy atom. The Hall–Kier alpha value is -2.74. The predicted molar refractivity (Wildman–Crippen MR) is 112 cm³/mol. The monoisotopic (exact) mass is 413 g/mol. The summed E-state index contributed by atoms with van der Waals surface area (Å²) in [4.78, 5) is 22.7. The number of carbonyl (C=O) groups is 2. The van der Waals surface area contributed by atoms with Crippen LogP contribution in [-0.2, 0) is 23.8 Å². The highest BCUT2D eigenvalue weighted by molar-refractivity contribution is 5.90. The summed E-state index contributed by atoms with van der Waals surface area (Å²) >= 11 is 0. The van der Waals surface area contributed by atoms with Gasteiger partial charge in [-0.1, -0.05) is 42.5 Å². The van der Waals surface area contributed by atoms with Crippen LogP contribution < -0.4 is 5.32 Å². The number of aliphatic carboxylic acids is 1. The highest BCUT2D eigenvalue weighted by Gasteiger charge is 2.39. The number of ether oxygens (including phenoxy) is 3. The fourth-order valence-electron chi connectivity index (χ4n) is 2.92. The molecular weight excluding hydrogens is 386 g/mol. The van der Waals surface area contributed by atoms with E-state index in [4.69, 9.17) is 19.3 Å². The lowest BCUT2D eigenvalue weighted by Crippen LogP contribution is -2.20. The van der Waals surface area contributed by atoms with Gasteiger partial charge in [0.05, 0.1) is 30.4 Å². The molecule has 0 saturated carbocycles. The Morgan fingerprint density at radius 1 is 1.30 bits per heavy atom. The molecule has 0 bridgehead atoms. The van der Waals surface area contributed by atoms with Crippen LogP contribution in [0, 0.1) is 0 Å². The Bertz CT molecular complexity index is 816. The lowest BCUT2D eigenvalue weighted by Gasteiger charge is -2.18. The van der Waals surface area contributed by atoms with E-state index in [1.807, 2.05) is 37.3 Å². The van der Waals surface area contributed by atoms with Crippen LogP contribution >= 0.6 is 0 Å². The van der Waals surface area contributed by atoms with Crippen molar-refractivity contribution in [2.45, 2.75) is 44.2 Å². The van der Waals surface area contributed by atoms with Crippen LogP contribution in [0.5, 0.6) is 0 Å². The maximum Gasteiger partial charge on any atom is 0.335 e. The number of benzene rings is 1. The molecule has 160 valence electrons. The summed E-state index contributed by atoms with van der Waals surface area (Å²) in [5, 5.41) is 12.0. The lowest BCUT2D eigenvalue weighted by atomic mass is 10.1. The van der Waals surface area contributed by atoms with E-state index in [1.165, 1.54) is 6.08 Å². The van der Waals surface area contributed by atoms with Crippen LogP contribution in [0.1, 0.15) is 25.3 Å². The summed E-state index contributed by atoms with van der Waals surface area (Å²) in [6, 6.07) is 9.56. The van der Waals surface area contributed by atoms with Gasteiger partial charge in [-0.15, -0.1) is 0 Å². The number of rotatable bonds is 11. The van der Waals surface area contributed by atoms with Gasteiger partial charge in [0.15, 0.2) is 6.23 Å². The molecule has 0 aromatic heterocycles. The minimum Gasteiger partial charge on any atom is -0.478 e. The molecule has 0 spiro atoms. The summed E-state index contributed by atoms with van der Waals surface area (Å²) in [6.07, 6.45) is 9.02. The van der Waals surface area contributed by atoms with E-state index in [1.54, 1.807) is 24.3 Å². The molecule has 30 heavy (non-hydrogen) atoms. The zero-order valence-electron chi connectivity index (χ0n) is 16.9. The molecule has 2 N–H and O–H groups in total. The fraction of sp³-hybridized carbons (Fsp3) is 0.391. The quantitative estimate of drug-likeness (QED) is 0.326. The largest absolute Gasteiger partial charge is 0.478 e. The van der Waals surface area contributed by atoms with Gasteiger partial charge in [0.1, 0.15) is 0 Å². The van der Waals surface area contributed by atoms with Crippen LogP contribution in [0.3, 0.4) is 0 Å². The van der Waals surface area contributed by atoms with E-state index in [0.29, 0.717) is 25.2 Å². The summed E-state index contributed by atoms with van der Waals surface area (Å²) < 4.78 is 16.8. The number of hydrogen-bond acceptors (Lipinski definition) is 6. The van der Waals surface area contributed by atoms with Gasteiger partial charge in [-0.2, -0.15) is 0 Å². The topological polar surface area (TPSA) is 104 Å². The summed E-state index contributed by atoms with van der Waals surface area (Å²) in [7, 11) is 0. The molecule has 7 nitrogen and oxygen atoms in total. The number of esters is 1. The van der Waals surface area contributed by atoms with Gasteiger partial charge in [-0.3, -0.25) is 5.32 Å². The molecule has 4 unspecified atom stereocenters. The second kappa shape index (κ2) is 10.9. The smallest absolute Gasteiger partial charge is 0.335 e. The van der Waals surface area contributed by atoms with Crippen molar-refractivity contribution in [2.75, 3.05) is 13.2 Å². The van der Waals surface area contributed by atoms with Gasteiger partial charge in [-0.25, -0.2) is 9.59 Å². The normalized spacial score (nSPS) is 23.8. The zero-order valence-corrected chi connectivity index (χ0v) is 16.9. The van der Waals surface area contributed by atoms with Gasteiger partial charge in [0, 0.05) is 12.7 Å². The molecule has 1 fully saturated rings. The minimum atomic E-state index is -0.920. The van der Waals surface area contributed by atoms with Crippen molar-refractivity contribution in [3.05, 3.63) is 65.8 Å². The first kappa shape index (κ1) is 22.0. The van der Waals surface area contributed by atoms with Crippen LogP contribution in [0.25, 0.3) is 6.08 Å². The molecule has 1 aromatic carbocycles. The Kier molecular flexibility index (Phi) is 7.96. The molecule has 3 rings (SSSR count). The third-order valence-electron chi connectivity index (χ3n) is 4.81. The Balaban J connectivity index is 1.24. The zero-order chi connectivity index (χ0) is 21.3. The molecule has 1 aliphatic heterocycles. The molecule has 1 aliphatic carbocycles. The van der Waals surface area contributed by atoms with Gasteiger partial charge in [0.25, 0.3) is 0 Å². The van der Waals surface area contributed by atoms with E-state index in [0.717, 1.165) is 12.0 Å². The highest BCUT2D eigenvalue weighted by Crippen LogP contribution is 2.16. The van der Waals surface area contributed by atoms with Crippen LogP contribution in [0.15, 0.2) is 60.2 Å². The number of nitrogens with one attached hydrogen (secondary N) is 1. The third-order valence-corrected chi connectivity index (χ3v) is 4.81. The maximum atomic E-state index is 11.9. The molecule has 4 atom stereocenters. The first-order valence-corrected chi connectivity index (χ1v) is 10.1. The van der Waals surface area contributed by atoms with Crippen molar-refractivity contribution in [2.24, 2.45) is 0 Å². The summed E-state index contributed by atoms with van der Waals surface area (Å²) in [5.41, 5.74) is 1.24. The number of hydrogen-bond donors (Lipinski definition) is 2. The number of carboxylic acids is 1. The number of carbonyl (C=O) groups excluding carboxylic acids is 1. The van der Waals surface area contributed by atoms with Crippen molar-refractivity contribution >= 4 is 18.0 Å². The SMILES string of the molecule is CC(CCOC1C=CC(C(=O)O)=CC1)OCC1NC1OC(=O)/C=C/c1ccccc1. The molecule has 1 saturated heterocycles. The maximum absolute atomic E-state index is 11.9. The number of carboxylic acid groups (broad SMARTS) is 1. The Labute approximate surface area is 176 Å². The van der Waals surface area contributed by atoms with E-state index in [9.17, 15) is 9.59 Å². The van der Waals surface area contributed by atoms with Crippen molar-refractivity contribution < 1.29 is 28.9 Å². The molecule has 2 aliphatic rings. The van der Waals surface area contributed by atoms with E-state index in [2.05, 4.69) is 5.32 Å². The van der Waals surface area contributed by atoms with Crippen LogP contribution in [-0.4, -0.2) is 54.7 Å². The first-order valence-electron chi connectivity index (χ1n) is 10.1. The Morgan fingerprint density at radius 3 is 2.80 bits per heavy atom.